The highest BCUT2D eigenvalue weighted by molar-refractivity contribution is 6.35. The molecular formula is C14H16Cl2N2O3. The van der Waals surface area contributed by atoms with E-state index in [1.807, 2.05) is 0 Å². The van der Waals surface area contributed by atoms with E-state index in [9.17, 15) is 9.59 Å². The fourth-order valence-corrected chi connectivity index (χ4v) is 2.85. The van der Waals surface area contributed by atoms with E-state index >= 15 is 0 Å². The smallest absolute Gasteiger partial charge is 0.306 e. The lowest BCUT2D eigenvalue weighted by molar-refractivity contribution is -0.145. The highest BCUT2D eigenvalue weighted by Crippen LogP contribution is 2.22. The molecule has 2 rings (SSSR count). The summed E-state index contributed by atoms with van der Waals surface area (Å²) in [6.07, 6.45) is 1.01. The van der Waals surface area contributed by atoms with Crippen molar-refractivity contribution in [2.45, 2.75) is 12.8 Å². The molecule has 0 aromatic heterocycles. The molecule has 0 saturated carbocycles. The number of nitrogens with zero attached hydrogens (tertiary/aromatic N) is 1. The molecule has 0 radical (unpaired) electrons. The van der Waals surface area contributed by atoms with Crippen molar-refractivity contribution in [3.63, 3.8) is 0 Å². The molecule has 0 atom stereocenters. The van der Waals surface area contributed by atoms with Crippen molar-refractivity contribution in [3.05, 3.63) is 28.2 Å². The van der Waals surface area contributed by atoms with E-state index in [2.05, 4.69) is 5.32 Å². The molecular weight excluding hydrogens is 315 g/mol. The van der Waals surface area contributed by atoms with Crippen LogP contribution in [0.25, 0.3) is 0 Å². The lowest BCUT2D eigenvalue weighted by Crippen LogP contribution is -2.42. The third kappa shape index (κ3) is 4.51. The van der Waals surface area contributed by atoms with Crippen molar-refractivity contribution in [1.29, 1.82) is 0 Å². The molecule has 0 spiro atoms. The Hall–Kier alpha value is -1.46. The van der Waals surface area contributed by atoms with Crippen LogP contribution in [0.5, 0.6) is 0 Å². The lowest BCUT2D eigenvalue weighted by Gasteiger charge is -2.30. The molecule has 1 aromatic rings. The van der Waals surface area contributed by atoms with Crippen molar-refractivity contribution in [3.8, 4) is 0 Å². The average Bonchev–Trinajstić information content (AvgIpc) is 2.44. The van der Waals surface area contributed by atoms with Gasteiger partial charge in [0.05, 0.1) is 12.5 Å². The molecule has 1 aliphatic heterocycles. The molecule has 2 N–H and O–H groups in total. The fraction of sp³-hybridized carbons (Fsp3) is 0.429. The number of carbonyl (C=O) groups is 2. The molecule has 1 amide bonds. The number of anilines is 1. The maximum atomic E-state index is 12.1. The summed E-state index contributed by atoms with van der Waals surface area (Å²) in [5, 5.41) is 12.9. The van der Waals surface area contributed by atoms with Gasteiger partial charge < -0.3 is 15.3 Å². The summed E-state index contributed by atoms with van der Waals surface area (Å²) < 4.78 is 0. The number of carbonyl (C=O) groups excluding carboxylic acids is 1. The zero-order chi connectivity index (χ0) is 15.4. The Balaban J connectivity index is 1.84. The van der Waals surface area contributed by atoms with Gasteiger partial charge in [0.1, 0.15) is 0 Å². The van der Waals surface area contributed by atoms with E-state index in [0.717, 1.165) is 0 Å². The van der Waals surface area contributed by atoms with Crippen LogP contribution in [0.2, 0.25) is 10.0 Å². The molecule has 1 saturated heterocycles. The van der Waals surface area contributed by atoms with Crippen LogP contribution in [-0.4, -0.2) is 41.5 Å². The Morgan fingerprint density at radius 2 is 1.76 bits per heavy atom. The number of hydrogen-bond acceptors (Lipinski definition) is 3. The van der Waals surface area contributed by atoms with Crippen molar-refractivity contribution >= 4 is 40.8 Å². The summed E-state index contributed by atoms with van der Waals surface area (Å²) in [5.41, 5.74) is 0.682. The number of likely N-dealkylation sites (tertiary alicyclic amines) is 1. The molecule has 114 valence electrons. The van der Waals surface area contributed by atoms with Gasteiger partial charge in [-0.2, -0.15) is 0 Å². The third-order valence-corrected chi connectivity index (χ3v) is 3.94. The number of amides is 1. The Labute approximate surface area is 132 Å². The van der Waals surface area contributed by atoms with Crippen molar-refractivity contribution in [2.75, 3.05) is 25.0 Å². The molecule has 0 aliphatic carbocycles. The Morgan fingerprint density at radius 3 is 2.29 bits per heavy atom. The molecule has 1 aromatic carbocycles. The van der Waals surface area contributed by atoms with E-state index < -0.39 is 5.97 Å². The first-order valence-electron chi connectivity index (χ1n) is 6.66. The van der Waals surface area contributed by atoms with Crippen molar-refractivity contribution in [2.24, 2.45) is 5.92 Å². The van der Waals surface area contributed by atoms with Gasteiger partial charge in [-0.05, 0) is 31.0 Å². The minimum atomic E-state index is -0.784. The SMILES string of the molecule is O=C(O)C1CCN(C(=O)CNc2cc(Cl)cc(Cl)c2)CC1. The van der Waals surface area contributed by atoms with Gasteiger partial charge in [-0.3, -0.25) is 9.59 Å². The van der Waals surface area contributed by atoms with Crippen LogP contribution in [0, 0.1) is 5.92 Å². The van der Waals surface area contributed by atoms with Crippen LogP contribution < -0.4 is 5.32 Å². The second-order valence-electron chi connectivity index (χ2n) is 5.00. The van der Waals surface area contributed by atoms with Gasteiger partial charge in [0.15, 0.2) is 0 Å². The lowest BCUT2D eigenvalue weighted by atomic mass is 9.97. The summed E-state index contributed by atoms with van der Waals surface area (Å²) in [6, 6.07) is 5.00. The normalized spacial score (nSPS) is 15.8. The van der Waals surface area contributed by atoms with Crippen LogP contribution in [0.1, 0.15) is 12.8 Å². The Bertz CT molecular complexity index is 523. The minimum absolute atomic E-state index is 0.0602. The number of piperidine rings is 1. The number of hydrogen-bond donors (Lipinski definition) is 2. The first kappa shape index (κ1) is 15.9. The summed E-state index contributed by atoms with van der Waals surface area (Å²) in [5.74, 6) is -1.18. The fourth-order valence-electron chi connectivity index (χ4n) is 2.32. The molecule has 7 heteroatoms. The number of carboxylic acids is 1. The Morgan fingerprint density at radius 1 is 1.19 bits per heavy atom. The summed E-state index contributed by atoms with van der Waals surface area (Å²) >= 11 is 11.8. The summed E-state index contributed by atoms with van der Waals surface area (Å²) in [4.78, 5) is 24.6. The van der Waals surface area contributed by atoms with Crippen LogP contribution in [0.4, 0.5) is 5.69 Å². The number of benzene rings is 1. The quantitative estimate of drug-likeness (QED) is 0.890. The van der Waals surface area contributed by atoms with Crippen LogP contribution in [0.3, 0.4) is 0 Å². The first-order valence-corrected chi connectivity index (χ1v) is 7.42. The van der Waals surface area contributed by atoms with Gasteiger partial charge in [0.25, 0.3) is 0 Å². The van der Waals surface area contributed by atoms with E-state index in [4.69, 9.17) is 28.3 Å². The number of rotatable bonds is 4. The molecule has 21 heavy (non-hydrogen) atoms. The predicted octanol–water partition coefficient (Wildman–Crippen LogP) is 2.73. The third-order valence-electron chi connectivity index (χ3n) is 3.50. The van der Waals surface area contributed by atoms with Crippen molar-refractivity contribution < 1.29 is 14.7 Å². The maximum Gasteiger partial charge on any atom is 0.306 e. The van der Waals surface area contributed by atoms with Gasteiger partial charge in [-0.1, -0.05) is 23.2 Å². The topological polar surface area (TPSA) is 69.6 Å². The molecule has 1 heterocycles. The molecule has 1 fully saturated rings. The van der Waals surface area contributed by atoms with E-state index in [1.165, 1.54) is 0 Å². The van der Waals surface area contributed by atoms with E-state index in [0.29, 0.717) is 41.7 Å². The van der Waals surface area contributed by atoms with Gasteiger partial charge in [-0.15, -0.1) is 0 Å². The van der Waals surface area contributed by atoms with Gasteiger partial charge in [-0.25, -0.2) is 0 Å². The van der Waals surface area contributed by atoms with E-state index in [1.54, 1.807) is 23.1 Å². The largest absolute Gasteiger partial charge is 0.481 e. The van der Waals surface area contributed by atoms with Gasteiger partial charge in [0.2, 0.25) is 5.91 Å². The first-order chi connectivity index (χ1) is 9.95. The number of nitrogens with one attached hydrogen (secondary N) is 1. The van der Waals surface area contributed by atoms with Crippen LogP contribution in [-0.2, 0) is 9.59 Å². The highest BCUT2D eigenvalue weighted by Gasteiger charge is 2.26. The second kappa shape index (κ2) is 7.00. The zero-order valence-corrected chi connectivity index (χ0v) is 12.8. The number of halogens is 2. The number of carboxylic acid groups (broad SMARTS) is 1. The van der Waals surface area contributed by atoms with Gasteiger partial charge >= 0.3 is 5.97 Å². The molecule has 0 bridgehead atoms. The summed E-state index contributed by atoms with van der Waals surface area (Å²) in [6.45, 7) is 1.09. The predicted molar refractivity (Wildman–Crippen MR) is 81.9 cm³/mol. The van der Waals surface area contributed by atoms with Crippen LogP contribution >= 0.6 is 23.2 Å². The number of aliphatic carboxylic acids is 1. The second-order valence-corrected chi connectivity index (χ2v) is 5.88. The minimum Gasteiger partial charge on any atom is -0.481 e. The molecule has 0 unspecified atom stereocenters. The highest BCUT2D eigenvalue weighted by atomic mass is 35.5. The average molecular weight is 331 g/mol. The van der Waals surface area contributed by atoms with Gasteiger partial charge in [0, 0.05) is 28.8 Å². The van der Waals surface area contributed by atoms with Crippen molar-refractivity contribution in [1.82, 2.24) is 4.90 Å². The Kier molecular flexibility index (Phi) is 5.31. The standard InChI is InChI=1S/C14H16Cl2N2O3/c15-10-5-11(16)7-12(6-10)17-8-13(19)18-3-1-9(2-4-18)14(20)21/h5-7,9,17H,1-4,8H2,(H,20,21). The zero-order valence-electron chi connectivity index (χ0n) is 11.3. The van der Waals surface area contributed by atoms with E-state index in [-0.39, 0.29) is 18.4 Å². The maximum absolute atomic E-state index is 12.1. The van der Waals surface area contributed by atoms with Crippen LogP contribution in [0.15, 0.2) is 18.2 Å². The monoisotopic (exact) mass is 330 g/mol. The molecule has 5 nitrogen and oxygen atoms in total. The summed E-state index contributed by atoms with van der Waals surface area (Å²) in [7, 11) is 0. The molecule has 1 aliphatic rings.